The van der Waals surface area contributed by atoms with E-state index in [-0.39, 0.29) is 11.5 Å². The number of carbonyl (C=O) groups is 1. The van der Waals surface area contributed by atoms with Crippen molar-refractivity contribution in [3.05, 3.63) is 65.2 Å². The zero-order valence-corrected chi connectivity index (χ0v) is 14.4. The largest absolute Gasteiger partial charge is 0.507 e. The quantitative estimate of drug-likeness (QED) is 0.642. The predicted molar refractivity (Wildman–Crippen MR) is 99.0 cm³/mol. The van der Waals surface area contributed by atoms with Crippen LogP contribution in [0, 0.1) is 0 Å². The number of hydrogen-bond donors (Lipinski definition) is 1. The SMILES string of the molecule is COc1cc(O)c(C(=O)/C=C/c2ccccc2)cc1CN1CCCC1. The van der Waals surface area contributed by atoms with Crippen molar-refractivity contribution in [2.24, 2.45) is 0 Å². The molecule has 0 saturated carbocycles. The van der Waals surface area contributed by atoms with E-state index >= 15 is 0 Å². The van der Waals surface area contributed by atoms with Gasteiger partial charge in [-0.15, -0.1) is 0 Å². The molecule has 2 aromatic rings. The average molecular weight is 337 g/mol. The first kappa shape index (κ1) is 17.2. The summed E-state index contributed by atoms with van der Waals surface area (Å²) < 4.78 is 5.38. The van der Waals surface area contributed by atoms with Gasteiger partial charge in [0.15, 0.2) is 5.78 Å². The summed E-state index contributed by atoms with van der Waals surface area (Å²) in [5, 5.41) is 10.2. The van der Waals surface area contributed by atoms with Gasteiger partial charge in [0.1, 0.15) is 11.5 Å². The van der Waals surface area contributed by atoms with Crippen molar-refractivity contribution in [1.82, 2.24) is 4.90 Å². The van der Waals surface area contributed by atoms with Gasteiger partial charge in [-0.25, -0.2) is 0 Å². The topological polar surface area (TPSA) is 49.8 Å². The molecule has 0 bridgehead atoms. The van der Waals surface area contributed by atoms with Gasteiger partial charge in [0, 0.05) is 18.2 Å². The molecule has 1 fully saturated rings. The minimum Gasteiger partial charge on any atom is -0.507 e. The van der Waals surface area contributed by atoms with Gasteiger partial charge in [0.05, 0.1) is 12.7 Å². The number of benzene rings is 2. The van der Waals surface area contributed by atoms with E-state index in [0.29, 0.717) is 11.3 Å². The zero-order chi connectivity index (χ0) is 17.6. The second-order valence-corrected chi connectivity index (χ2v) is 6.27. The fraction of sp³-hybridized carbons (Fsp3) is 0.286. The number of phenolic OH excluding ortho intramolecular Hbond substituents is 1. The number of methoxy groups -OCH3 is 1. The Hall–Kier alpha value is -2.59. The number of ketones is 1. The maximum absolute atomic E-state index is 12.5. The minimum absolute atomic E-state index is 0.0512. The number of hydrogen-bond acceptors (Lipinski definition) is 4. The van der Waals surface area contributed by atoms with Crippen LogP contribution in [0.1, 0.15) is 34.3 Å². The maximum atomic E-state index is 12.5. The average Bonchev–Trinajstić information content (AvgIpc) is 3.14. The summed E-state index contributed by atoms with van der Waals surface area (Å²) in [7, 11) is 1.58. The fourth-order valence-corrected chi connectivity index (χ4v) is 3.13. The van der Waals surface area contributed by atoms with Crippen LogP contribution in [0.15, 0.2) is 48.5 Å². The molecule has 25 heavy (non-hydrogen) atoms. The highest BCUT2D eigenvalue weighted by molar-refractivity contribution is 6.08. The standard InChI is InChI=1S/C21H23NO3/c1-25-21-14-20(24)18(13-17(21)15-22-11-5-6-12-22)19(23)10-9-16-7-3-2-4-8-16/h2-4,7-10,13-14,24H,5-6,11-12,15H2,1H3/b10-9+. The third-order valence-electron chi connectivity index (χ3n) is 4.48. The first-order chi connectivity index (χ1) is 12.2. The van der Waals surface area contributed by atoms with Crippen molar-refractivity contribution in [3.8, 4) is 11.5 Å². The number of allylic oxidation sites excluding steroid dienone is 1. The van der Waals surface area contributed by atoms with E-state index in [4.69, 9.17) is 4.74 Å². The Labute approximate surface area is 148 Å². The van der Waals surface area contributed by atoms with E-state index in [1.54, 1.807) is 19.3 Å². The molecule has 0 atom stereocenters. The molecule has 1 aliphatic rings. The summed E-state index contributed by atoms with van der Waals surface area (Å²) in [6.45, 7) is 2.84. The lowest BCUT2D eigenvalue weighted by atomic mass is 10.0. The number of carbonyl (C=O) groups excluding carboxylic acids is 1. The molecule has 130 valence electrons. The van der Waals surface area contributed by atoms with Crippen LogP contribution in [0.5, 0.6) is 11.5 Å². The van der Waals surface area contributed by atoms with Crippen molar-refractivity contribution in [3.63, 3.8) is 0 Å². The number of rotatable bonds is 6. The Morgan fingerprint density at radius 2 is 1.92 bits per heavy atom. The lowest BCUT2D eigenvalue weighted by Crippen LogP contribution is -2.19. The Morgan fingerprint density at radius 3 is 2.60 bits per heavy atom. The number of phenols is 1. The first-order valence-corrected chi connectivity index (χ1v) is 8.57. The van der Waals surface area contributed by atoms with Crippen LogP contribution >= 0.6 is 0 Å². The van der Waals surface area contributed by atoms with Crippen LogP contribution in [-0.2, 0) is 6.54 Å². The van der Waals surface area contributed by atoms with Crippen molar-refractivity contribution in [1.29, 1.82) is 0 Å². The van der Waals surface area contributed by atoms with Crippen molar-refractivity contribution in [2.75, 3.05) is 20.2 Å². The van der Waals surface area contributed by atoms with Gasteiger partial charge in [-0.05, 0) is 43.6 Å². The van der Waals surface area contributed by atoms with Gasteiger partial charge >= 0.3 is 0 Å². The monoisotopic (exact) mass is 337 g/mol. The molecule has 1 N–H and O–H groups in total. The van der Waals surface area contributed by atoms with E-state index in [1.807, 2.05) is 30.3 Å². The second kappa shape index (κ2) is 7.99. The van der Waals surface area contributed by atoms with Gasteiger partial charge in [0.25, 0.3) is 0 Å². The minimum atomic E-state index is -0.216. The van der Waals surface area contributed by atoms with Crippen molar-refractivity contribution in [2.45, 2.75) is 19.4 Å². The summed E-state index contributed by atoms with van der Waals surface area (Å²) in [5.41, 5.74) is 2.18. The van der Waals surface area contributed by atoms with E-state index in [1.165, 1.54) is 25.0 Å². The van der Waals surface area contributed by atoms with Gasteiger partial charge in [0.2, 0.25) is 0 Å². The second-order valence-electron chi connectivity index (χ2n) is 6.27. The molecule has 1 aliphatic heterocycles. The summed E-state index contributed by atoms with van der Waals surface area (Å²) in [5.74, 6) is 0.351. The number of aromatic hydroxyl groups is 1. The maximum Gasteiger partial charge on any atom is 0.189 e. The van der Waals surface area contributed by atoms with Crippen LogP contribution in [0.2, 0.25) is 0 Å². The number of nitrogens with zero attached hydrogens (tertiary/aromatic N) is 1. The molecule has 4 nitrogen and oxygen atoms in total. The third-order valence-corrected chi connectivity index (χ3v) is 4.48. The van der Waals surface area contributed by atoms with Gasteiger partial charge in [-0.1, -0.05) is 36.4 Å². The fourth-order valence-electron chi connectivity index (χ4n) is 3.13. The highest BCUT2D eigenvalue weighted by Gasteiger charge is 2.18. The van der Waals surface area contributed by atoms with Crippen LogP contribution in [0.25, 0.3) is 6.08 Å². The Kier molecular flexibility index (Phi) is 5.51. The Morgan fingerprint density at radius 1 is 1.20 bits per heavy atom. The summed E-state index contributed by atoms with van der Waals surface area (Å²) in [6, 6.07) is 12.9. The van der Waals surface area contributed by atoms with Crippen molar-refractivity contribution >= 4 is 11.9 Å². The van der Waals surface area contributed by atoms with Crippen LogP contribution < -0.4 is 4.74 Å². The molecular formula is C21H23NO3. The van der Waals surface area contributed by atoms with E-state index in [0.717, 1.165) is 30.8 Å². The van der Waals surface area contributed by atoms with Gasteiger partial charge < -0.3 is 9.84 Å². The molecule has 3 rings (SSSR count). The molecule has 0 spiro atoms. The molecule has 0 unspecified atom stereocenters. The molecule has 1 heterocycles. The van der Waals surface area contributed by atoms with Crippen LogP contribution in [0.4, 0.5) is 0 Å². The van der Waals surface area contributed by atoms with Gasteiger partial charge in [-0.2, -0.15) is 0 Å². The molecule has 1 saturated heterocycles. The molecule has 0 radical (unpaired) electrons. The summed E-state index contributed by atoms with van der Waals surface area (Å²) in [6.07, 6.45) is 5.65. The lowest BCUT2D eigenvalue weighted by molar-refractivity contribution is 0.104. The Bertz CT molecular complexity index is 762. The molecule has 0 aromatic heterocycles. The van der Waals surface area contributed by atoms with E-state index in [9.17, 15) is 9.90 Å². The molecule has 4 heteroatoms. The van der Waals surface area contributed by atoms with Crippen LogP contribution in [-0.4, -0.2) is 36.0 Å². The zero-order valence-electron chi connectivity index (χ0n) is 14.4. The number of ether oxygens (including phenoxy) is 1. The Balaban J connectivity index is 1.84. The predicted octanol–water partition coefficient (Wildman–Crippen LogP) is 3.89. The molecule has 2 aromatic carbocycles. The molecular weight excluding hydrogens is 314 g/mol. The van der Waals surface area contributed by atoms with E-state index in [2.05, 4.69) is 4.90 Å². The molecule has 0 amide bonds. The first-order valence-electron chi connectivity index (χ1n) is 8.57. The molecule has 0 aliphatic carbocycles. The third kappa shape index (κ3) is 4.28. The number of likely N-dealkylation sites (tertiary alicyclic amines) is 1. The highest BCUT2D eigenvalue weighted by Crippen LogP contribution is 2.30. The highest BCUT2D eigenvalue weighted by atomic mass is 16.5. The van der Waals surface area contributed by atoms with E-state index < -0.39 is 0 Å². The smallest absolute Gasteiger partial charge is 0.189 e. The summed E-state index contributed by atoms with van der Waals surface area (Å²) >= 11 is 0. The van der Waals surface area contributed by atoms with Crippen molar-refractivity contribution < 1.29 is 14.6 Å². The lowest BCUT2D eigenvalue weighted by Gasteiger charge is -2.18. The van der Waals surface area contributed by atoms with Crippen LogP contribution in [0.3, 0.4) is 0 Å². The summed E-state index contributed by atoms with van der Waals surface area (Å²) in [4.78, 5) is 14.9. The van der Waals surface area contributed by atoms with Gasteiger partial charge in [-0.3, -0.25) is 9.69 Å². The normalized spacial score (nSPS) is 14.9.